The van der Waals surface area contributed by atoms with E-state index in [1.165, 1.54) is 18.4 Å². The van der Waals surface area contributed by atoms with Gasteiger partial charge in [0.15, 0.2) is 0 Å². The van der Waals surface area contributed by atoms with Gasteiger partial charge in [-0.2, -0.15) is 0 Å². The van der Waals surface area contributed by atoms with Crippen LogP contribution in [0.5, 0.6) is 5.75 Å². The van der Waals surface area contributed by atoms with Crippen LogP contribution in [0.4, 0.5) is 5.69 Å². The molecule has 0 aliphatic carbocycles. The van der Waals surface area contributed by atoms with E-state index in [-0.39, 0.29) is 24.3 Å². The number of benzene rings is 1. The Labute approximate surface area is 134 Å². The maximum absolute atomic E-state index is 12.8. The van der Waals surface area contributed by atoms with Gasteiger partial charge < -0.3 is 4.74 Å². The molecule has 118 valence electrons. The van der Waals surface area contributed by atoms with Crippen molar-refractivity contribution in [3.8, 4) is 5.75 Å². The van der Waals surface area contributed by atoms with Gasteiger partial charge >= 0.3 is 0 Å². The Morgan fingerprint density at radius 1 is 1.18 bits per heavy atom. The quantitative estimate of drug-likeness (QED) is 0.802. The van der Waals surface area contributed by atoms with Crippen molar-refractivity contribution >= 4 is 29.1 Å². The number of nitrogens with zero attached hydrogens (tertiary/aromatic N) is 2. The molecule has 2 heterocycles. The number of anilines is 1. The van der Waals surface area contributed by atoms with Crippen molar-refractivity contribution in [2.45, 2.75) is 31.7 Å². The molecule has 1 aromatic rings. The maximum Gasteiger partial charge on any atom is 0.251 e. The standard InChI is InChI=1S/C16H19ClN2O3/c1-22-14-6-5-11(17)9-12(14)19-15(20)10-13(16(19)21)18-7-3-2-4-8-18/h5-6,9,13H,2-4,7-8,10H2,1H3/t13-/m0/s1. The van der Waals surface area contributed by atoms with Gasteiger partial charge in [0.2, 0.25) is 5.91 Å². The number of methoxy groups -OCH3 is 1. The molecule has 0 spiro atoms. The Kier molecular flexibility index (Phi) is 4.36. The third-order valence-corrected chi connectivity index (χ3v) is 4.57. The lowest BCUT2D eigenvalue weighted by atomic mass is 10.1. The van der Waals surface area contributed by atoms with E-state index in [4.69, 9.17) is 16.3 Å². The number of rotatable bonds is 3. The van der Waals surface area contributed by atoms with Crippen molar-refractivity contribution in [2.24, 2.45) is 0 Å². The number of carbonyl (C=O) groups excluding carboxylic acids is 2. The van der Waals surface area contributed by atoms with Crippen LogP contribution in [0, 0.1) is 0 Å². The Bertz CT molecular complexity index is 599. The topological polar surface area (TPSA) is 49.9 Å². The second-order valence-corrected chi connectivity index (χ2v) is 6.14. The van der Waals surface area contributed by atoms with Crippen LogP contribution >= 0.6 is 11.6 Å². The molecule has 0 unspecified atom stereocenters. The molecule has 1 aromatic carbocycles. The van der Waals surface area contributed by atoms with Gasteiger partial charge in [-0.25, -0.2) is 4.90 Å². The zero-order valence-corrected chi connectivity index (χ0v) is 13.3. The number of ether oxygens (including phenoxy) is 1. The molecule has 5 nitrogen and oxygen atoms in total. The molecule has 2 saturated heterocycles. The summed E-state index contributed by atoms with van der Waals surface area (Å²) in [5, 5.41) is 0.470. The van der Waals surface area contributed by atoms with E-state index in [0.29, 0.717) is 16.5 Å². The Balaban J connectivity index is 1.90. The molecule has 0 aromatic heterocycles. The normalized spacial score (nSPS) is 23.2. The van der Waals surface area contributed by atoms with Crippen LogP contribution in [-0.2, 0) is 9.59 Å². The molecule has 0 radical (unpaired) electrons. The molecule has 3 rings (SSSR count). The van der Waals surface area contributed by atoms with Crippen molar-refractivity contribution in [3.63, 3.8) is 0 Å². The summed E-state index contributed by atoms with van der Waals surface area (Å²) in [7, 11) is 1.51. The second-order valence-electron chi connectivity index (χ2n) is 5.70. The lowest BCUT2D eigenvalue weighted by Crippen LogP contribution is -2.44. The number of carbonyl (C=O) groups is 2. The smallest absolute Gasteiger partial charge is 0.251 e. The predicted octanol–water partition coefficient (Wildman–Crippen LogP) is 2.47. The molecule has 22 heavy (non-hydrogen) atoms. The highest BCUT2D eigenvalue weighted by atomic mass is 35.5. The summed E-state index contributed by atoms with van der Waals surface area (Å²) >= 11 is 6.02. The second kappa shape index (κ2) is 6.26. The van der Waals surface area contributed by atoms with Gasteiger partial charge in [-0.05, 0) is 44.1 Å². The fourth-order valence-electron chi connectivity index (χ4n) is 3.22. The fourth-order valence-corrected chi connectivity index (χ4v) is 3.39. The number of piperidine rings is 1. The van der Waals surface area contributed by atoms with Crippen LogP contribution < -0.4 is 9.64 Å². The maximum atomic E-state index is 12.8. The molecule has 2 aliphatic rings. The number of amides is 2. The SMILES string of the molecule is COc1ccc(Cl)cc1N1C(=O)C[C@H](N2CCCCC2)C1=O. The lowest BCUT2D eigenvalue weighted by Gasteiger charge is -2.30. The first-order valence-electron chi connectivity index (χ1n) is 7.56. The largest absolute Gasteiger partial charge is 0.495 e. The minimum absolute atomic E-state index is 0.174. The number of halogens is 1. The van der Waals surface area contributed by atoms with Crippen LogP contribution in [0.3, 0.4) is 0 Å². The zero-order chi connectivity index (χ0) is 15.7. The molecule has 0 N–H and O–H groups in total. The number of likely N-dealkylation sites (tertiary alicyclic amines) is 1. The van der Waals surface area contributed by atoms with Gasteiger partial charge in [-0.3, -0.25) is 14.5 Å². The van der Waals surface area contributed by atoms with Gasteiger partial charge in [0.05, 0.1) is 25.3 Å². The average molecular weight is 323 g/mol. The number of imide groups is 1. The first-order chi connectivity index (χ1) is 10.6. The van der Waals surface area contributed by atoms with Crippen molar-refractivity contribution in [2.75, 3.05) is 25.1 Å². The molecule has 1 atom stereocenters. The Morgan fingerprint density at radius 3 is 2.59 bits per heavy atom. The highest BCUT2D eigenvalue weighted by Crippen LogP contribution is 2.35. The molecule has 2 aliphatic heterocycles. The van der Waals surface area contributed by atoms with Gasteiger partial charge in [0.25, 0.3) is 5.91 Å². The number of hydrogen-bond donors (Lipinski definition) is 0. The van der Waals surface area contributed by atoms with E-state index in [9.17, 15) is 9.59 Å². The summed E-state index contributed by atoms with van der Waals surface area (Å²) in [5.74, 6) is 0.110. The monoisotopic (exact) mass is 322 g/mol. The van der Waals surface area contributed by atoms with E-state index < -0.39 is 0 Å². The Morgan fingerprint density at radius 2 is 1.91 bits per heavy atom. The third kappa shape index (κ3) is 2.71. The summed E-state index contributed by atoms with van der Waals surface area (Å²) in [6.07, 6.45) is 3.59. The summed E-state index contributed by atoms with van der Waals surface area (Å²) in [4.78, 5) is 28.5. The average Bonchev–Trinajstić information content (AvgIpc) is 2.83. The van der Waals surface area contributed by atoms with Gasteiger partial charge in [0.1, 0.15) is 5.75 Å². The van der Waals surface area contributed by atoms with Gasteiger partial charge in [-0.1, -0.05) is 18.0 Å². The van der Waals surface area contributed by atoms with Crippen LogP contribution in [0.2, 0.25) is 5.02 Å². The highest BCUT2D eigenvalue weighted by molar-refractivity contribution is 6.31. The summed E-state index contributed by atoms with van der Waals surface area (Å²) in [6.45, 7) is 1.76. The van der Waals surface area contributed by atoms with Crippen molar-refractivity contribution in [1.29, 1.82) is 0 Å². The first-order valence-corrected chi connectivity index (χ1v) is 7.94. The van der Waals surface area contributed by atoms with Gasteiger partial charge in [0, 0.05) is 5.02 Å². The highest BCUT2D eigenvalue weighted by Gasteiger charge is 2.43. The van der Waals surface area contributed by atoms with Crippen molar-refractivity contribution < 1.29 is 14.3 Å². The molecule has 6 heteroatoms. The predicted molar refractivity (Wildman–Crippen MR) is 84.3 cm³/mol. The van der Waals surface area contributed by atoms with E-state index in [2.05, 4.69) is 4.90 Å². The lowest BCUT2D eigenvalue weighted by molar-refractivity contribution is -0.123. The summed E-state index contributed by atoms with van der Waals surface area (Å²) in [6, 6.07) is 4.61. The van der Waals surface area contributed by atoms with Crippen LogP contribution in [0.25, 0.3) is 0 Å². The van der Waals surface area contributed by atoms with Crippen LogP contribution in [-0.4, -0.2) is 43.0 Å². The van der Waals surface area contributed by atoms with Crippen LogP contribution in [0.1, 0.15) is 25.7 Å². The summed E-state index contributed by atoms with van der Waals surface area (Å²) in [5.41, 5.74) is 0.435. The first kappa shape index (κ1) is 15.3. The molecule has 0 bridgehead atoms. The van der Waals surface area contributed by atoms with Gasteiger partial charge in [-0.15, -0.1) is 0 Å². The summed E-state index contributed by atoms with van der Waals surface area (Å²) < 4.78 is 5.27. The van der Waals surface area contributed by atoms with E-state index in [1.807, 2.05) is 0 Å². The Hall–Kier alpha value is -1.59. The van der Waals surface area contributed by atoms with Crippen molar-refractivity contribution in [1.82, 2.24) is 4.90 Å². The van der Waals surface area contributed by atoms with Crippen molar-refractivity contribution in [3.05, 3.63) is 23.2 Å². The van der Waals surface area contributed by atoms with E-state index in [0.717, 1.165) is 25.9 Å². The fraction of sp³-hybridized carbons (Fsp3) is 0.500. The van der Waals surface area contributed by atoms with E-state index in [1.54, 1.807) is 18.2 Å². The minimum Gasteiger partial charge on any atom is -0.495 e. The third-order valence-electron chi connectivity index (χ3n) is 4.34. The van der Waals surface area contributed by atoms with Crippen LogP contribution in [0.15, 0.2) is 18.2 Å². The molecular formula is C16H19ClN2O3. The molecule has 2 fully saturated rings. The van der Waals surface area contributed by atoms with E-state index >= 15 is 0 Å². The number of hydrogen-bond acceptors (Lipinski definition) is 4. The minimum atomic E-state index is -0.350. The zero-order valence-electron chi connectivity index (χ0n) is 12.5. The molecule has 2 amide bonds. The molecule has 0 saturated carbocycles. The molecular weight excluding hydrogens is 304 g/mol.